The number of amides is 1. The van der Waals surface area contributed by atoms with Gasteiger partial charge in [0.1, 0.15) is 5.71 Å². The molecule has 94 valence electrons. The van der Waals surface area contributed by atoms with Crippen LogP contribution in [0.3, 0.4) is 0 Å². The molecule has 0 saturated carbocycles. The average Bonchev–Trinajstić information content (AvgIpc) is 2.61. The zero-order valence-electron chi connectivity index (χ0n) is 9.62. The van der Waals surface area contributed by atoms with E-state index in [4.69, 9.17) is 5.11 Å². The van der Waals surface area contributed by atoms with Crippen LogP contribution in [0.4, 0.5) is 5.69 Å². The van der Waals surface area contributed by atoms with Crippen molar-refractivity contribution in [3.63, 3.8) is 0 Å². The zero-order valence-corrected chi connectivity index (χ0v) is 9.62. The number of aliphatic hydroxyl groups is 1. The van der Waals surface area contributed by atoms with Gasteiger partial charge >= 0.3 is 5.97 Å². The van der Waals surface area contributed by atoms with E-state index in [-0.39, 0.29) is 5.71 Å². The van der Waals surface area contributed by atoms with Gasteiger partial charge in [0.25, 0.3) is 5.91 Å². The Labute approximate surface area is 103 Å². The molecule has 2 atom stereocenters. The Bertz CT molecular complexity index is 537. The van der Waals surface area contributed by atoms with E-state index in [0.29, 0.717) is 11.3 Å². The van der Waals surface area contributed by atoms with Gasteiger partial charge in [0.15, 0.2) is 6.04 Å². The molecule has 6 nitrogen and oxygen atoms in total. The van der Waals surface area contributed by atoms with Crippen molar-refractivity contribution >= 4 is 23.3 Å². The maximum Gasteiger partial charge on any atom is 0.331 e. The second kappa shape index (κ2) is 4.58. The van der Waals surface area contributed by atoms with Crippen LogP contribution in [-0.2, 0) is 9.59 Å². The Balaban J connectivity index is 2.44. The van der Waals surface area contributed by atoms with Crippen LogP contribution in [0.15, 0.2) is 29.3 Å². The summed E-state index contributed by atoms with van der Waals surface area (Å²) in [6, 6.07) is 5.51. The predicted molar refractivity (Wildman–Crippen MR) is 64.7 cm³/mol. The van der Waals surface area contributed by atoms with E-state index in [0.717, 1.165) is 0 Å². The van der Waals surface area contributed by atoms with Crippen LogP contribution in [0, 0.1) is 0 Å². The number of aliphatic hydroxyl groups excluding tert-OH is 1. The first-order valence-electron chi connectivity index (χ1n) is 5.40. The summed E-state index contributed by atoms with van der Waals surface area (Å²) in [5.41, 5.74) is 1.18. The molecule has 6 heteroatoms. The second-order valence-corrected chi connectivity index (χ2v) is 4.00. The molecule has 2 rings (SSSR count). The van der Waals surface area contributed by atoms with Crippen molar-refractivity contribution in [3.05, 3.63) is 29.8 Å². The van der Waals surface area contributed by atoms with Crippen LogP contribution in [0.25, 0.3) is 0 Å². The minimum Gasteiger partial charge on any atom is -0.480 e. The number of anilines is 1. The molecule has 3 N–H and O–H groups in total. The average molecular weight is 248 g/mol. The zero-order chi connectivity index (χ0) is 13.3. The van der Waals surface area contributed by atoms with Gasteiger partial charge < -0.3 is 15.5 Å². The number of hydrogen-bond donors (Lipinski definition) is 3. The third kappa shape index (κ3) is 2.10. The van der Waals surface area contributed by atoms with E-state index >= 15 is 0 Å². The number of rotatable bonds is 3. The molecule has 0 spiro atoms. The molecule has 0 aliphatic carbocycles. The normalized spacial score (nSPS) is 19.2. The molecule has 0 bridgehead atoms. The first-order valence-corrected chi connectivity index (χ1v) is 5.40. The highest BCUT2D eigenvalue weighted by Crippen LogP contribution is 2.23. The molecule has 1 amide bonds. The molecule has 18 heavy (non-hydrogen) atoms. The molecule has 0 unspecified atom stereocenters. The van der Waals surface area contributed by atoms with Crippen molar-refractivity contribution in [1.82, 2.24) is 0 Å². The van der Waals surface area contributed by atoms with Crippen molar-refractivity contribution in [2.45, 2.75) is 19.1 Å². The molecule has 0 saturated heterocycles. The fraction of sp³-hybridized carbons (Fsp3) is 0.250. The largest absolute Gasteiger partial charge is 0.480 e. The van der Waals surface area contributed by atoms with Gasteiger partial charge in [0, 0.05) is 5.56 Å². The molecule has 1 aliphatic rings. The van der Waals surface area contributed by atoms with Crippen molar-refractivity contribution < 1.29 is 19.8 Å². The van der Waals surface area contributed by atoms with E-state index in [1.165, 1.54) is 6.92 Å². The van der Waals surface area contributed by atoms with Crippen LogP contribution in [-0.4, -0.2) is 39.9 Å². The van der Waals surface area contributed by atoms with Crippen LogP contribution in [0.5, 0.6) is 0 Å². The molecule has 1 aromatic carbocycles. The van der Waals surface area contributed by atoms with Gasteiger partial charge in [-0.3, -0.25) is 9.79 Å². The topological polar surface area (TPSA) is 99.0 Å². The highest BCUT2D eigenvalue weighted by molar-refractivity contribution is 6.53. The summed E-state index contributed by atoms with van der Waals surface area (Å²) in [5, 5.41) is 20.9. The number of aliphatic imine (C=N–C) groups is 1. The number of fused-ring (bicyclic) bond motifs is 1. The predicted octanol–water partition coefficient (Wildman–Crippen LogP) is 0.262. The molecule has 1 heterocycles. The van der Waals surface area contributed by atoms with Gasteiger partial charge in [0.05, 0.1) is 11.8 Å². The number of nitrogens with one attached hydrogen (secondary N) is 1. The molecule has 0 radical (unpaired) electrons. The maximum absolute atomic E-state index is 11.7. The molecular formula is C12H12N2O4. The van der Waals surface area contributed by atoms with Crippen molar-refractivity contribution in [2.24, 2.45) is 4.99 Å². The molecule has 1 aliphatic heterocycles. The lowest BCUT2D eigenvalue weighted by molar-refractivity contribution is -0.140. The number of nitrogens with zero attached hydrogens (tertiary/aromatic N) is 1. The molecular weight excluding hydrogens is 236 g/mol. The van der Waals surface area contributed by atoms with Gasteiger partial charge in [0.2, 0.25) is 0 Å². The summed E-state index contributed by atoms with van der Waals surface area (Å²) >= 11 is 0. The number of carboxylic acids is 1. The maximum atomic E-state index is 11.7. The first kappa shape index (κ1) is 12.3. The third-order valence-electron chi connectivity index (χ3n) is 2.62. The first-order chi connectivity index (χ1) is 8.50. The second-order valence-electron chi connectivity index (χ2n) is 4.00. The van der Waals surface area contributed by atoms with Crippen molar-refractivity contribution in [1.29, 1.82) is 0 Å². The van der Waals surface area contributed by atoms with E-state index in [1.807, 2.05) is 0 Å². The summed E-state index contributed by atoms with van der Waals surface area (Å²) < 4.78 is 0. The fourth-order valence-electron chi connectivity index (χ4n) is 1.74. The van der Waals surface area contributed by atoms with Gasteiger partial charge in [-0.25, -0.2) is 4.79 Å². The van der Waals surface area contributed by atoms with Crippen LogP contribution < -0.4 is 5.32 Å². The summed E-state index contributed by atoms with van der Waals surface area (Å²) in [6.45, 7) is 1.32. The lowest BCUT2D eigenvalue weighted by Gasteiger charge is -2.11. The van der Waals surface area contributed by atoms with Crippen LogP contribution in [0.1, 0.15) is 12.5 Å². The van der Waals surface area contributed by atoms with Crippen LogP contribution in [0.2, 0.25) is 0 Å². The Kier molecular flexibility index (Phi) is 3.12. The quantitative estimate of drug-likeness (QED) is 0.714. The number of carbonyl (C=O) groups is 2. The Morgan fingerprint density at radius 3 is 2.67 bits per heavy atom. The Morgan fingerprint density at radius 1 is 1.39 bits per heavy atom. The monoisotopic (exact) mass is 248 g/mol. The lowest BCUT2D eigenvalue weighted by Crippen LogP contribution is -2.32. The number of carbonyl (C=O) groups excluding carboxylic acids is 1. The highest BCUT2D eigenvalue weighted by Gasteiger charge is 2.30. The van der Waals surface area contributed by atoms with Gasteiger partial charge in [-0.2, -0.15) is 0 Å². The van der Waals surface area contributed by atoms with Gasteiger partial charge in [-0.15, -0.1) is 0 Å². The summed E-state index contributed by atoms with van der Waals surface area (Å²) in [4.78, 5) is 26.5. The summed E-state index contributed by atoms with van der Waals surface area (Å²) in [6.07, 6.45) is -1.17. The summed E-state index contributed by atoms with van der Waals surface area (Å²) in [7, 11) is 0. The smallest absolute Gasteiger partial charge is 0.331 e. The summed E-state index contributed by atoms with van der Waals surface area (Å²) in [5.74, 6) is -1.72. The lowest BCUT2D eigenvalue weighted by atomic mass is 10.1. The van der Waals surface area contributed by atoms with Crippen molar-refractivity contribution in [3.8, 4) is 0 Å². The number of aliphatic carboxylic acids is 1. The molecule has 0 aromatic heterocycles. The van der Waals surface area contributed by atoms with E-state index in [1.54, 1.807) is 24.3 Å². The van der Waals surface area contributed by atoms with Crippen molar-refractivity contribution in [2.75, 3.05) is 5.32 Å². The van der Waals surface area contributed by atoms with E-state index < -0.39 is 24.0 Å². The SMILES string of the molecule is C[C@@H](O)[C@H](N=C1C(=O)Nc2ccccc21)C(=O)O. The number of para-hydroxylation sites is 1. The number of carboxylic acid groups (broad SMARTS) is 1. The minimum absolute atomic E-state index is 0.0406. The molecule has 1 aromatic rings. The fourth-order valence-corrected chi connectivity index (χ4v) is 1.74. The highest BCUT2D eigenvalue weighted by atomic mass is 16.4. The Hall–Kier alpha value is -2.21. The van der Waals surface area contributed by atoms with Gasteiger partial charge in [-0.1, -0.05) is 18.2 Å². The van der Waals surface area contributed by atoms with E-state index in [2.05, 4.69) is 10.3 Å². The number of hydrogen-bond acceptors (Lipinski definition) is 4. The Morgan fingerprint density at radius 2 is 2.06 bits per heavy atom. The third-order valence-corrected chi connectivity index (χ3v) is 2.62. The van der Waals surface area contributed by atoms with E-state index in [9.17, 15) is 14.7 Å². The standard InChI is InChI=1S/C12H12N2O4/c1-6(15)9(12(17)18)14-10-7-4-2-3-5-8(7)13-11(10)16/h2-6,9,15H,1H3,(H,17,18)(H,13,14,16)/t6-,9+/m1/s1. The minimum atomic E-state index is -1.35. The van der Waals surface area contributed by atoms with Gasteiger partial charge in [-0.05, 0) is 13.0 Å². The van der Waals surface area contributed by atoms with Crippen LogP contribution >= 0.6 is 0 Å². The number of benzene rings is 1. The molecule has 0 fully saturated rings.